The SMILES string of the molecule is Cc1cccc2ccc3ccc4ccc5ccc6ccccc6c5c4c3c12. The van der Waals surface area contributed by atoms with E-state index in [1.165, 1.54) is 59.4 Å². The van der Waals surface area contributed by atoms with Crippen LogP contribution in [0.3, 0.4) is 0 Å². The van der Waals surface area contributed by atoms with Crippen LogP contribution < -0.4 is 0 Å². The smallest absolute Gasteiger partial charge is 0.00142 e. The zero-order valence-electron chi connectivity index (χ0n) is 15.2. The molecule has 0 bridgehead atoms. The van der Waals surface area contributed by atoms with E-state index in [1.54, 1.807) is 0 Å². The van der Waals surface area contributed by atoms with Crippen molar-refractivity contribution in [1.82, 2.24) is 0 Å². The molecular formula is C27H18. The number of hydrogen-bond acceptors (Lipinski definition) is 0. The van der Waals surface area contributed by atoms with E-state index in [4.69, 9.17) is 0 Å². The zero-order valence-corrected chi connectivity index (χ0v) is 15.2. The highest BCUT2D eigenvalue weighted by Gasteiger charge is 2.12. The summed E-state index contributed by atoms with van der Waals surface area (Å²) in [6.45, 7) is 2.23. The van der Waals surface area contributed by atoms with Crippen molar-refractivity contribution < 1.29 is 0 Å². The molecular weight excluding hydrogens is 324 g/mol. The van der Waals surface area contributed by atoms with E-state index in [-0.39, 0.29) is 0 Å². The maximum absolute atomic E-state index is 2.27. The molecule has 0 amide bonds. The zero-order chi connectivity index (χ0) is 18.0. The summed E-state index contributed by atoms with van der Waals surface area (Å²) in [4.78, 5) is 0. The van der Waals surface area contributed by atoms with E-state index in [0.717, 1.165) is 0 Å². The molecule has 0 heteroatoms. The van der Waals surface area contributed by atoms with E-state index in [0.29, 0.717) is 0 Å². The van der Waals surface area contributed by atoms with Gasteiger partial charge in [-0.3, -0.25) is 0 Å². The average Bonchev–Trinajstić information content (AvgIpc) is 2.72. The molecule has 0 unspecified atom stereocenters. The second kappa shape index (κ2) is 5.31. The lowest BCUT2D eigenvalue weighted by Gasteiger charge is -2.14. The second-order valence-electron chi connectivity index (χ2n) is 7.45. The van der Waals surface area contributed by atoms with Crippen LogP contribution >= 0.6 is 0 Å². The van der Waals surface area contributed by atoms with Gasteiger partial charge in [0.15, 0.2) is 0 Å². The summed E-state index contributed by atoms with van der Waals surface area (Å²) >= 11 is 0. The van der Waals surface area contributed by atoms with E-state index in [2.05, 4.69) is 97.9 Å². The number of hydrogen-bond donors (Lipinski definition) is 0. The van der Waals surface area contributed by atoms with Gasteiger partial charge in [0.2, 0.25) is 0 Å². The Kier molecular flexibility index (Phi) is 2.90. The molecule has 6 aromatic carbocycles. The molecule has 0 nitrogen and oxygen atoms in total. The second-order valence-corrected chi connectivity index (χ2v) is 7.45. The lowest BCUT2D eigenvalue weighted by Crippen LogP contribution is -1.87. The van der Waals surface area contributed by atoms with Crippen molar-refractivity contribution in [1.29, 1.82) is 0 Å². The Hall–Kier alpha value is -3.38. The minimum Gasteiger partial charge on any atom is -0.0616 e. The standard InChI is InChI=1S/C27H18/c1-17-5-4-7-19-11-13-21-15-16-22-14-12-20-10-9-18-6-2-3-8-23(18)25(20)27(22)26(21)24(17)19/h2-16H,1H3. The first kappa shape index (κ1) is 14.8. The van der Waals surface area contributed by atoms with Gasteiger partial charge in [0.25, 0.3) is 0 Å². The van der Waals surface area contributed by atoms with Crippen molar-refractivity contribution in [3.8, 4) is 0 Å². The third-order valence-corrected chi connectivity index (χ3v) is 5.92. The molecule has 0 fully saturated rings. The van der Waals surface area contributed by atoms with Gasteiger partial charge in [-0.15, -0.1) is 0 Å². The molecule has 0 aliphatic heterocycles. The van der Waals surface area contributed by atoms with Crippen LogP contribution in [0.4, 0.5) is 0 Å². The summed E-state index contributed by atoms with van der Waals surface area (Å²) < 4.78 is 0. The molecule has 126 valence electrons. The molecule has 0 saturated heterocycles. The van der Waals surface area contributed by atoms with Crippen LogP contribution in [0.2, 0.25) is 0 Å². The highest BCUT2D eigenvalue weighted by Crippen LogP contribution is 2.40. The van der Waals surface area contributed by atoms with E-state index in [9.17, 15) is 0 Å². The Morgan fingerprint density at radius 2 is 0.852 bits per heavy atom. The van der Waals surface area contributed by atoms with Crippen molar-refractivity contribution in [2.45, 2.75) is 6.92 Å². The summed E-state index contributed by atoms with van der Waals surface area (Å²) in [6, 6.07) is 33.4. The Morgan fingerprint density at radius 3 is 1.56 bits per heavy atom. The van der Waals surface area contributed by atoms with Crippen LogP contribution in [0, 0.1) is 6.92 Å². The molecule has 0 aromatic heterocycles. The summed E-state index contributed by atoms with van der Waals surface area (Å²) in [5, 5.41) is 13.4. The van der Waals surface area contributed by atoms with Gasteiger partial charge >= 0.3 is 0 Å². The first-order valence-corrected chi connectivity index (χ1v) is 9.46. The Labute approximate surface area is 157 Å². The van der Waals surface area contributed by atoms with Crippen molar-refractivity contribution >= 4 is 53.9 Å². The molecule has 0 aliphatic carbocycles. The molecule has 0 N–H and O–H groups in total. The fraction of sp³-hybridized carbons (Fsp3) is 0.0370. The fourth-order valence-corrected chi connectivity index (χ4v) is 4.69. The molecule has 6 aromatic rings. The number of benzene rings is 6. The molecule has 0 spiro atoms. The van der Waals surface area contributed by atoms with Crippen molar-refractivity contribution in [3.05, 3.63) is 96.6 Å². The Morgan fingerprint density at radius 1 is 0.370 bits per heavy atom. The number of fused-ring (bicyclic) bond motifs is 9. The van der Waals surface area contributed by atoms with E-state index in [1.807, 2.05) is 0 Å². The average molecular weight is 342 g/mol. The normalized spacial score (nSPS) is 11.9. The van der Waals surface area contributed by atoms with Crippen molar-refractivity contribution in [2.24, 2.45) is 0 Å². The third-order valence-electron chi connectivity index (χ3n) is 5.92. The van der Waals surface area contributed by atoms with Gasteiger partial charge in [-0.25, -0.2) is 0 Å². The number of aryl methyl sites for hydroxylation is 1. The highest BCUT2D eigenvalue weighted by molar-refractivity contribution is 6.32. The summed E-state index contributed by atoms with van der Waals surface area (Å²) in [6.07, 6.45) is 0. The van der Waals surface area contributed by atoms with Gasteiger partial charge in [-0.05, 0) is 66.3 Å². The number of rotatable bonds is 0. The summed E-state index contributed by atoms with van der Waals surface area (Å²) in [5.74, 6) is 0. The van der Waals surface area contributed by atoms with Gasteiger partial charge in [-0.2, -0.15) is 0 Å². The first-order valence-electron chi connectivity index (χ1n) is 9.46. The maximum atomic E-state index is 2.27. The fourth-order valence-electron chi connectivity index (χ4n) is 4.69. The first-order chi connectivity index (χ1) is 13.3. The predicted molar refractivity (Wildman–Crippen MR) is 119 cm³/mol. The minimum atomic E-state index is 1.30. The van der Waals surface area contributed by atoms with Crippen LogP contribution in [0.1, 0.15) is 5.56 Å². The lowest BCUT2D eigenvalue weighted by atomic mass is 9.89. The van der Waals surface area contributed by atoms with Crippen LogP contribution in [-0.4, -0.2) is 0 Å². The van der Waals surface area contributed by atoms with E-state index >= 15 is 0 Å². The van der Waals surface area contributed by atoms with Gasteiger partial charge in [0.05, 0.1) is 0 Å². The Bertz CT molecular complexity index is 1500. The minimum absolute atomic E-state index is 1.30. The largest absolute Gasteiger partial charge is 0.0616 e. The summed E-state index contributed by atoms with van der Waals surface area (Å²) in [7, 11) is 0. The van der Waals surface area contributed by atoms with Gasteiger partial charge in [0, 0.05) is 0 Å². The topological polar surface area (TPSA) is 0 Å². The van der Waals surface area contributed by atoms with Gasteiger partial charge in [0.1, 0.15) is 0 Å². The van der Waals surface area contributed by atoms with Crippen LogP contribution in [-0.2, 0) is 0 Å². The molecule has 0 atom stereocenters. The highest BCUT2D eigenvalue weighted by atomic mass is 14.1. The maximum Gasteiger partial charge on any atom is -0.00142 e. The van der Waals surface area contributed by atoms with Gasteiger partial charge < -0.3 is 0 Å². The molecule has 27 heavy (non-hydrogen) atoms. The van der Waals surface area contributed by atoms with E-state index < -0.39 is 0 Å². The molecule has 0 radical (unpaired) electrons. The quantitative estimate of drug-likeness (QED) is 0.247. The molecule has 0 heterocycles. The van der Waals surface area contributed by atoms with Crippen molar-refractivity contribution in [2.75, 3.05) is 0 Å². The third kappa shape index (κ3) is 1.98. The van der Waals surface area contributed by atoms with Crippen molar-refractivity contribution in [3.63, 3.8) is 0 Å². The Balaban J connectivity index is 2.04. The summed E-state index contributed by atoms with van der Waals surface area (Å²) in [5.41, 5.74) is 1.34. The predicted octanol–water partition coefficient (Wildman–Crippen LogP) is 7.76. The lowest BCUT2D eigenvalue weighted by molar-refractivity contribution is 1.55. The van der Waals surface area contributed by atoms with Crippen LogP contribution in [0.5, 0.6) is 0 Å². The van der Waals surface area contributed by atoms with Crippen LogP contribution in [0.25, 0.3) is 53.9 Å². The molecule has 6 rings (SSSR count). The monoisotopic (exact) mass is 342 g/mol. The van der Waals surface area contributed by atoms with Crippen LogP contribution in [0.15, 0.2) is 91.0 Å². The van der Waals surface area contributed by atoms with Gasteiger partial charge in [-0.1, -0.05) is 91.0 Å². The molecule has 0 aliphatic rings. The molecule has 0 saturated carbocycles.